The van der Waals surface area contributed by atoms with Gasteiger partial charge in [0.15, 0.2) is 0 Å². The molecule has 0 aromatic heterocycles. The van der Waals surface area contributed by atoms with E-state index in [2.05, 4.69) is 37.2 Å². The molecule has 3 N–H and O–H groups in total. The van der Waals surface area contributed by atoms with Crippen molar-refractivity contribution < 1.29 is 4.79 Å². The molecule has 0 bridgehead atoms. The van der Waals surface area contributed by atoms with Crippen molar-refractivity contribution in [1.82, 2.24) is 0 Å². The number of benzene rings is 2. The second-order valence-electron chi connectivity index (χ2n) is 4.58. The molecule has 0 fully saturated rings. The first-order valence-electron chi connectivity index (χ1n) is 6.02. The molecule has 2 rings (SSSR count). The monoisotopic (exact) mass is 396 g/mol. The minimum atomic E-state index is -0.183. The molecule has 0 aliphatic heterocycles. The Morgan fingerprint density at radius 3 is 2.50 bits per heavy atom. The van der Waals surface area contributed by atoms with Crippen LogP contribution in [0.15, 0.2) is 39.3 Å². The Morgan fingerprint density at radius 2 is 1.85 bits per heavy atom. The number of amides is 1. The molecular formula is C15H14Br2N2O. The average Bonchev–Trinajstić information content (AvgIpc) is 2.36. The van der Waals surface area contributed by atoms with E-state index in [0.29, 0.717) is 16.9 Å². The van der Waals surface area contributed by atoms with Gasteiger partial charge in [0.05, 0.1) is 16.9 Å². The van der Waals surface area contributed by atoms with Gasteiger partial charge in [-0.3, -0.25) is 4.79 Å². The number of hydrogen-bond acceptors (Lipinski definition) is 2. The maximum atomic E-state index is 12.4. The molecular weight excluding hydrogens is 384 g/mol. The van der Waals surface area contributed by atoms with Gasteiger partial charge in [-0.15, -0.1) is 0 Å². The number of aryl methyl sites for hydroxylation is 2. The van der Waals surface area contributed by atoms with E-state index in [1.807, 2.05) is 32.0 Å². The lowest BCUT2D eigenvalue weighted by atomic mass is 10.1. The highest BCUT2D eigenvalue weighted by Gasteiger charge is 2.14. The molecule has 0 spiro atoms. The van der Waals surface area contributed by atoms with Crippen molar-refractivity contribution in [2.24, 2.45) is 0 Å². The fourth-order valence-electron chi connectivity index (χ4n) is 1.94. The van der Waals surface area contributed by atoms with Crippen LogP contribution >= 0.6 is 31.9 Å². The van der Waals surface area contributed by atoms with E-state index in [-0.39, 0.29) is 5.91 Å². The van der Waals surface area contributed by atoms with Crippen LogP contribution in [0.3, 0.4) is 0 Å². The molecule has 0 aliphatic rings. The van der Waals surface area contributed by atoms with Gasteiger partial charge < -0.3 is 11.1 Å². The zero-order valence-corrected chi connectivity index (χ0v) is 14.3. The third-order valence-corrected chi connectivity index (χ3v) is 4.52. The van der Waals surface area contributed by atoms with Crippen molar-refractivity contribution in [2.45, 2.75) is 13.8 Å². The SMILES string of the molecule is Cc1cccc(C(=O)Nc2c(C)cc(Br)cc2N)c1Br. The summed E-state index contributed by atoms with van der Waals surface area (Å²) in [4.78, 5) is 12.4. The predicted molar refractivity (Wildman–Crippen MR) is 90.1 cm³/mol. The molecule has 0 heterocycles. The van der Waals surface area contributed by atoms with E-state index < -0.39 is 0 Å². The van der Waals surface area contributed by atoms with E-state index in [1.165, 1.54) is 0 Å². The number of halogens is 2. The van der Waals surface area contributed by atoms with Gasteiger partial charge in [0.1, 0.15) is 0 Å². The summed E-state index contributed by atoms with van der Waals surface area (Å²) in [6.45, 7) is 3.85. The van der Waals surface area contributed by atoms with E-state index in [4.69, 9.17) is 5.73 Å². The van der Waals surface area contributed by atoms with Crippen LogP contribution in [-0.2, 0) is 0 Å². The number of carbonyl (C=O) groups is 1. The van der Waals surface area contributed by atoms with Gasteiger partial charge >= 0.3 is 0 Å². The lowest BCUT2D eigenvalue weighted by Gasteiger charge is -2.13. The van der Waals surface area contributed by atoms with Gasteiger partial charge in [-0.1, -0.05) is 28.1 Å². The second kappa shape index (κ2) is 5.97. The Kier molecular flexibility index (Phi) is 4.50. The number of rotatable bonds is 2. The van der Waals surface area contributed by atoms with Crippen LogP contribution in [0.5, 0.6) is 0 Å². The number of anilines is 2. The van der Waals surface area contributed by atoms with E-state index in [9.17, 15) is 4.79 Å². The molecule has 0 saturated heterocycles. The summed E-state index contributed by atoms with van der Waals surface area (Å²) < 4.78 is 1.69. The van der Waals surface area contributed by atoms with E-state index in [0.717, 1.165) is 20.1 Å². The van der Waals surface area contributed by atoms with Crippen LogP contribution in [0.1, 0.15) is 21.5 Å². The predicted octanol–water partition coefficient (Wildman–Crippen LogP) is 4.66. The number of nitrogen functional groups attached to an aromatic ring is 1. The first kappa shape index (κ1) is 15.1. The maximum absolute atomic E-state index is 12.4. The Morgan fingerprint density at radius 1 is 1.15 bits per heavy atom. The first-order valence-corrected chi connectivity index (χ1v) is 7.61. The number of carbonyl (C=O) groups excluding carboxylic acids is 1. The smallest absolute Gasteiger partial charge is 0.256 e. The quantitative estimate of drug-likeness (QED) is 0.723. The maximum Gasteiger partial charge on any atom is 0.256 e. The molecule has 3 nitrogen and oxygen atoms in total. The average molecular weight is 398 g/mol. The Hall–Kier alpha value is -1.33. The molecule has 2 aromatic rings. The summed E-state index contributed by atoms with van der Waals surface area (Å²) in [6.07, 6.45) is 0. The van der Waals surface area contributed by atoms with Gasteiger partial charge in [0, 0.05) is 8.95 Å². The Labute approximate surface area is 134 Å². The molecule has 0 unspecified atom stereocenters. The molecule has 0 aliphatic carbocycles. The minimum Gasteiger partial charge on any atom is -0.397 e. The van der Waals surface area contributed by atoms with Crippen molar-refractivity contribution in [2.75, 3.05) is 11.1 Å². The second-order valence-corrected chi connectivity index (χ2v) is 6.29. The summed E-state index contributed by atoms with van der Waals surface area (Å²) in [7, 11) is 0. The lowest BCUT2D eigenvalue weighted by molar-refractivity contribution is 0.102. The molecule has 104 valence electrons. The van der Waals surface area contributed by atoms with Crippen molar-refractivity contribution in [3.8, 4) is 0 Å². The fourth-order valence-corrected chi connectivity index (χ4v) is 2.98. The van der Waals surface area contributed by atoms with Crippen LogP contribution in [0.2, 0.25) is 0 Å². The lowest BCUT2D eigenvalue weighted by Crippen LogP contribution is -2.15. The highest BCUT2D eigenvalue weighted by Crippen LogP contribution is 2.29. The zero-order valence-electron chi connectivity index (χ0n) is 11.1. The number of nitrogens with two attached hydrogens (primary N) is 1. The summed E-state index contributed by atoms with van der Waals surface area (Å²) >= 11 is 6.82. The number of nitrogens with one attached hydrogen (secondary N) is 1. The van der Waals surface area contributed by atoms with Crippen LogP contribution < -0.4 is 11.1 Å². The standard InChI is InChI=1S/C15H14Br2N2O/c1-8-4-3-5-11(13(8)17)15(20)19-14-9(2)6-10(16)7-12(14)18/h3-7H,18H2,1-2H3,(H,19,20). The van der Waals surface area contributed by atoms with Crippen LogP contribution in [0, 0.1) is 13.8 Å². The van der Waals surface area contributed by atoms with Crippen LogP contribution in [0.25, 0.3) is 0 Å². The van der Waals surface area contributed by atoms with Crippen LogP contribution in [0.4, 0.5) is 11.4 Å². The molecule has 1 amide bonds. The summed E-state index contributed by atoms with van der Waals surface area (Å²) in [5.74, 6) is -0.183. The van der Waals surface area contributed by atoms with Crippen molar-refractivity contribution in [3.63, 3.8) is 0 Å². The fraction of sp³-hybridized carbons (Fsp3) is 0.133. The third-order valence-electron chi connectivity index (χ3n) is 3.01. The molecule has 0 saturated carbocycles. The van der Waals surface area contributed by atoms with Gasteiger partial charge in [0.2, 0.25) is 0 Å². The van der Waals surface area contributed by atoms with Gasteiger partial charge in [0.25, 0.3) is 5.91 Å². The highest BCUT2D eigenvalue weighted by molar-refractivity contribution is 9.10. The molecule has 0 atom stereocenters. The molecule has 20 heavy (non-hydrogen) atoms. The normalized spacial score (nSPS) is 10.4. The van der Waals surface area contributed by atoms with E-state index in [1.54, 1.807) is 12.1 Å². The Balaban J connectivity index is 2.36. The third kappa shape index (κ3) is 3.04. The summed E-state index contributed by atoms with van der Waals surface area (Å²) in [5, 5.41) is 2.88. The molecule has 5 heteroatoms. The Bertz CT molecular complexity index is 661. The van der Waals surface area contributed by atoms with Gasteiger partial charge in [-0.2, -0.15) is 0 Å². The van der Waals surface area contributed by atoms with Crippen molar-refractivity contribution in [3.05, 3.63) is 56.0 Å². The van der Waals surface area contributed by atoms with E-state index >= 15 is 0 Å². The number of hydrogen-bond donors (Lipinski definition) is 2. The van der Waals surface area contributed by atoms with Gasteiger partial charge in [-0.05, 0) is 59.1 Å². The first-order chi connectivity index (χ1) is 9.40. The topological polar surface area (TPSA) is 55.1 Å². The minimum absolute atomic E-state index is 0.183. The molecule has 0 radical (unpaired) electrons. The highest BCUT2D eigenvalue weighted by atomic mass is 79.9. The van der Waals surface area contributed by atoms with Crippen molar-refractivity contribution >= 4 is 49.1 Å². The summed E-state index contributed by atoms with van der Waals surface area (Å²) in [6, 6.07) is 9.26. The van der Waals surface area contributed by atoms with Crippen LogP contribution in [-0.4, -0.2) is 5.91 Å². The zero-order chi connectivity index (χ0) is 14.9. The molecule has 2 aromatic carbocycles. The largest absolute Gasteiger partial charge is 0.397 e. The summed E-state index contributed by atoms with van der Waals surface area (Å²) in [5.41, 5.74) is 9.65. The van der Waals surface area contributed by atoms with Gasteiger partial charge in [-0.25, -0.2) is 0 Å². The van der Waals surface area contributed by atoms with Crippen molar-refractivity contribution in [1.29, 1.82) is 0 Å².